The van der Waals surface area contributed by atoms with Crippen LogP contribution in [0.15, 0.2) is 0 Å². The Morgan fingerprint density at radius 1 is 1.03 bits per heavy atom. The van der Waals surface area contributed by atoms with E-state index < -0.39 is 24.4 Å². The van der Waals surface area contributed by atoms with Gasteiger partial charge in [0, 0.05) is 31.6 Å². The number of hydrogen-bond acceptors (Lipinski definition) is 6. The molecule has 3 aliphatic heterocycles. The van der Waals surface area contributed by atoms with Crippen LogP contribution in [0.3, 0.4) is 0 Å². The molecule has 3 rings (SSSR count). The average Bonchev–Trinajstić information content (AvgIpc) is 2.88. The Balaban J connectivity index is 1.52. The van der Waals surface area contributed by atoms with E-state index in [1.807, 2.05) is 6.92 Å². The van der Waals surface area contributed by atoms with Crippen LogP contribution in [-0.4, -0.2) is 97.3 Å². The molecule has 0 aromatic heterocycles. The summed E-state index contributed by atoms with van der Waals surface area (Å²) in [5.74, 6) is -3.40. The third kappa shape index (κ3) is 5.36. The summed E-state index contributed by atoms with van der Waals surface area (Å²) in [6.07, 6.45) is 3.70. The summed E-state index contributed by atoms with van der Waals surface area (Å²) in [5, 5.41) is 0. The summed E-state index contributed by atoms with van der Waals surface area (Å²) >= 11 is 0. The number of carbonyl (C=O) groups excluding carboxylic acids is 2. The average molecular weight is 417 g/mol. The van der Waals surface area contributed by atoms with Crippen LogP contribution in [0.2, 0.25) is 0 Å². The van der Waals surface area contributed by atoms with Gasteiger partial charge in [0.2, 0.25) is 0 Å². The molecule has 3 heterocycles. The Labute approximate surface area is 171 Å². The van der Waals surface area contributed by atoms with Crippen LogP contribution in [0.4, 0.5) is 13.6 Å². The van der Waals surface area contributed by atoms with E-state index in [2.05, 4.69) is 4.90 Å². The van der Waals surface area contributed by atoms with Crippen molar-refractivity contribution in [1.82, 2.24) is 14.7 Å². The van der Waals surface area contributed by atoms with Gasteiger partial charge in [-0.1, -0.05) is 0 Å². The number of halogens is 2. The fraction of sp³-hybridized carbons (Fsp3) is 0.900. The molecule has 29 heavy (non-hydrogen) atoms. The Bertz CT molecular complexity index is 584. The summed E-state index contributed by atoms with van der Waals surface area (Å²) < 4.78 is 37.8. The topological polar surface area (TPSA) is 62.3 Å². The third-order valence-corrected chi connectivity index (χ3v) is 6.49. The lowest BCUT2D eigenvalue weighted by Gasteiger charge is -2.41. The predicted octanol–water partition coefficient (Wildman–Crippen LogP) is 2.34. The maximum absolute atomic E-state index is 14.0. The Morgan fingerprint density at radius 3 is 2.38 bits per heavy atom. The van der Waals surface area contributed by atoms with Gasteiger partial charge >= 0.3 is 12.1 Å². The molecule has 9 heteroatoms. The van der Waals surface area contributed by atoms with Crippen molar-refractivity contribution in [1.29, 1.82) is 0 Å². The minimum absolute atomic E-state index is 0.0227. The lowest BCUT2D eigenvalue weighted by Crippen LogP contribution is -2.51. The first-order chi connectivity index (χ1) is 13.8. The first-order valence-corrected chi connectivity index (χ1v) is 10.7. The molecule has 166 valence electrons. The summed E-state index contributed by atoms with van der Waals surface area (Å²) in [6, 6.07) is -0.472. The van der Waals surface area contributed by atoms with Gasteiger partial charge in [0.05, 0.1) is 20.3 Å². The predicted molar refractivity (Wildman–Crippen MR) is 103 cm³/mol. The highest BCUT2D eigenvalue weighted by molar-refractivity contribution is 5.76. The van der Waals surface area contributed by atoms with E-state index in [1.165, 1.54) is 7.11 Å². The quantitative estimate of drug-likeness (QED) is 0.655. The van der Waals surface area contributed by atoms with Crippen molar-refractivity contribution in [3.63, 3.8) is 0 Å². The van der Waals surface area contributed by atoms with Crippen molar-refractivity contribution in [2.24, 2.45) is 0 Å². The first kappa shape index (κ1) is 22.2. The molecule has 0 radical (unpaired) electrons. The van der Waals surface area contributed by atoms with E-state index in [4.69, 9.17) is 9.47 Å². The van der Waals surface area contributed by atoms with Gasteiger partial charge in [0.25, 0.3) is 5.92 Å². The fourth-order valence-corrected chi connectivity index (χ4v) is 5.00. The maximum atomic E-state index is 14.0. The van der Waals surface area contributed by atoms with Crippen LogP contribution in [-0.2, 0) is 14.3 Å². The molecule has 0 aliphatic carbocycles. The highest BCUT2D eigenvalue weighted by Crippen LogP contribution is 2.36. The van der Waals surface area contributed by atoms with Gasteiger partial charge in [-0.05, 0) is 52.1 Å². The molecule has 2 atom stereocenters. The fourth-order valence-electron chi connectivity index (χ4n) is 5.00. The number of amides is 1. The molecule has 2 unspecified atom stereocenters. The molecule has 3 aliphatic rings. The number of hydrogen-bond donors (Lipinski definition) is 0. The molecule has 1 amide bonds. The second-order valence-electron chi connectivity index (χ2n) is 8.31. The second-order valence-corrected chi connectivity index (χ2v) is 8.31. The van der Waals surface area contributed by atoms with Crippen LogP contribution in [0.1, 0.15) is 45.4 Å². The van der Waals surface area contributed by atoms with E-state index in [1.54, 1.807) is 9.80 Å². The van der Waals surface area contributed by atoms with Crippen LogP contribution in [0, 0.1) is 0 Å². The number of piperidine rings is 1. The largest absolute Gasteiger partial charge is 0.468 e. The summed E-state index contributed by atoms with van der Waals surface area (Å²) in [5.41, 5.74) is 0. The van der Waals surface area contributed by atoms with Gasteiger partial charge in [0.1, 0.15) is 6.04 Å². The van der Waals surface area contributed by atoms with Crippen LogP contribution >= 0.6 is 0 Å². The molecular formula is C20H33F2N3O4. The van der Waals surface area contributed by atoms with E-state index in [-0.39, 0.29) is 18.7 Å². The van der Waals surface area contributed by atoms with Crippen molar-refractivity contribution < 1.29 is 27.8 Å². The number of likely N-dealkylation sites (tertiary alicyclic amines) is 3. The molecule has 0 saturated carbocycles. The molecule has 0 aromatic carbocycles. The minimum atomic E-state index is -2.84. The van der Waals surface area contributed by atoms with Crippen molar-refractivity contribution >= 4 is 12.1 Å². The smallest absolute Gasteiger partial charge is 0.409 e. The molecule has 0 aromatic rings. The summed E-state index contributed by atoms with van der Waals surface area (Å²) in [7, 11) is 1.26. The number of nitrogens with zero attached hydrogens (tertiary/aromatic N) is 3. The zero-order chi connectivity index (χ0) is 21.0. The number of rotatable bonds is 4. The number of alkyl halides is 2. The summed E-state index contributed by atoms with van der Waals surface area (Å²) in [6.45, 7) is 4.88. The molecule has 0 spiro atoms. The minimum Gasteiger partial charge on any atom is -0.468 e. The normalized spacial score (nSPS) is 29.4. The highest BCUT2D eigenvalue weighted by Gasteiger charge is 2.51. The number of esters is 1. The number of carbonyl (C=O) groups is 2. The zero-order valence-corrected chi connectivity index (χ0v) is 17.4. The third-order valence-electron chi connectivity index (χ3n) is 6.49. The SMILES string of the molecule is CCOC(=O)N1CCCC(N2CCC(N3CC(F)(F)CC3C(=O)OC)CC2)CC1. The maximum Gasteiger partial charge on any atom is 0.409 e. The molecule has 7 nitrogen and oxygen atoms in total. The van der Waals surface area contributed by atoms with Gasteiger partial charge in [-0.2, -0.15) is 0 Å². The number of ether oxygens (including phenoxy) is 2. The standard InChI is InChI=1S/C20H33F2N3O4/c1-3-29-19(27)24-9-4-5-15(6-12-24)23-10-7-16(8-11-23)25-14-20(21,22)13-17(25)18(26)28-2/h15-17H,3-14H2,1-2H3. The molecule has 0 bridgehead atoms. The van der Waals surface area contributed by atoms with E-state index >= 15 is 0 Å². The second kappa shape index (κ2) is 9.55. The zero-order valence-electron chi connectivity index (χ0n) is 17.4. The van der Waals surface area contributed by atoms with Gasteiger partial charge < -0.3 is 19.3 Å². The monoisotopic (exact) mass is 417 g/mol. The molecular weight excluding hydrogens is 384 g/mol. The first-order valence-electron chi connectivity index (χ1n) is 10.7. The van der Waals surface area contributed by atoms with Crippen molar-refractivity contribution in [2.45, 2.75) is 69.5 Å². The van der Waals surface area contributed by atoms with Gasteiger partial charge in [-0.25, -0.2) is 13.6 Å². The van der Waals surface area contributed by atoms with Gasteiger partial charge in [-0.15, -0.1) is 0 Å². The van der Waals surface area contributed by atoms with Crippen LogP contribution in [0.25, 0.3) is 0 Å². The van der Waals surface area contributed by atoms with Gasteiger partial charge in [0.15, 0.2) is 0 Å². The van der Waals surface area contributed by atoms with Gasteiger partial charge in [-0.3, -0.25) is 9.69 Å². The molecule has 0 N–H and O–H groups in total. The Morgan fingerprint density at radius 2 is 1.72 bits per heavy atom. The molecule has 3 fully saturated rings. The molecule has 3 saturated heterocycles. The van der Waals surface area contributed by atoms with E-state index in [9.17, 15) is 18.4 Å². The lowest BCUT2D eigenvalue weighted by atomic mass is 9.98. The number of methoxy groups -OCH3 is 1. The van der Waals surface area contributed by atoms with Crippen LogP contribution in [0.5, 0.6) is 0 Å². The van der Waals surface area contributed by atoms with Crippen molar-refractivity contribution in [3.8, 4) is 0 Å². The summed E-state index contributed by atoms with van der Waals surface area (Å²) in [4.78, 5) is 29.8. The highest BCUT2D eigenvalue weighted by atomic mass is 19.3. The van der Waals surface area contributed by atoms with Crippen molar-refractivity contribution in [2.75, 3.05) is 46.4 Å². The Kier molecular flexibility index (Phi) is 7.32. The Hall–Kier alpha value is -1.48. The van der Waals surface area contributed by atoms with E-state index in [0.717, 1.165) is 51.7 Å². The lowest BCUT2D eigenvalue weighted by molar-refractivity contribution is -0.147. The van der Waals surface area contributed by atoms with E-state index in [0.29, 0.717) is 19.2 Å². The van der Waals surface area contributed by atoms with Crippen molar-refractivity contribution in [3.05, 3.63) is 0 Å². The van der Waals surface area contributed by atoms with Crippen LogP contribution < -0.4 is 0 Å².